The molecule has 0 aromatic carbocycles. The van der Waals surface area contributed by atoms with Crippen LogP contribution in [-0.4, -0.2) is 16.1 Å². The zero-order valence-corrected chi connectivity index (χ0v) is 8.96. The number of halogens is 3. The van der Waals surface area contributed by atoms with Gasteiger partial charge in [-0.25, -0.2) is 13.6 Å². The van der Waals surface area contributed by atoms with Crippen LogP contribution in [0.25, 0.3) is 0 Å². The number of hydrogen-bond donors (Lipinski definition) is 2. The van der Waals surface area contributed by atoms with E-state index in [-0.39, 0.29) is 16.7 Å². The number of aromatic carboxylic acids is 1. The Morgan fingerprint density at radius 3 is 2.67 bits per heavy atom. The summed E-state index contributed by atoms with van der Waals surface area (Å²) in [5, 5.41) is 8.78. The molecular weight excluding hydrogens is 274 g/mol. The Labute approximate surface area is 92.2 Å². The van der Waals surface area contributed by atoms with E-state index < -0.39 is 23.5 Å². The molecule has 0 aliphatic heterocycles. The molecule has 0 aliphatic rings. The Bertz CT molecular complexity index is 398. The van der Waals surface area contributed by atoms with Gasteiger partial charge in [0.15, 0.2) is 0 Å². The highest BCUT2D eigenvalue weighted by molar-refractivity contribution is 9.10. The molecule has 7 heteroatoms. The summed E-state index contributed by atoms with van der Waals surface area (Å²) in [6.45, 7) is -0.0234. The van der Waals surface area contributed by atoms with Gasteiger partial charge < -0.3 is 10.8 Å². The van der Waals surface area contributed by atoms with Crippen molar-refractivity contribution in [3.63, 3.8) is 0 Å². The van der Waals surface area contributed by atoms with Gasteiger partial charge in [0.25, 0.3) is 6.43 Å². The van der Waals surface area contributed by atoms with Crippen molar-refractivity contribution in [2.45, 2.75) is 13.0 Å². The number of rotatable bonds is 3. The second-order valence-corrected chi connectivity index (χ2v) is 3.45. The summed E-state index contributed by atoms with van der Waals surface area (Å²) < 4.78 is 24.9. The molecule has 0 unspecified atom stereocenters. The van der Waals surface area contributed by atoms with Crippen LogP contribution in [0.15, 0.2) is 10.7 Å². The Hall–Kier alpha value is -1.08. The maximum atomic E-state index is 12.4. The predicted molar refractivity (Wildman–Crippen MR) is 51.7 cm³/mol. The minimum atomic E-state index is -2.88. The molecule has 15 heavy (non-hydrogen) atoms. The van der Waals surface area contributed by atoms with E-state index >= 15 is 0 Å². The average molecular weight is 281 g/mol. The van der Waals surface area contributed by atoms with Crippen molar-refractivity contribution in [1.29, 1.82) is 0 Å². The van der Waals surface area contributed by atoms with Crippen LogP contribution in [0.2, 0.25) is 0 Å². The Morgan fingerprint density at radius 1 is 1.67 bits per heavy atom. The molecule has 1 aromatic rings. The lowest BCUT2D eigenvalue weighted by molar-refractivity contribution is 0.0683. The van der Waals surface area contributed by atoms with Crippen LogP contribution < -0.4 is 5.73 Å². The third kappa shape index (κ3) is 2.29. The summed E-state index contributed by atoms with van der Waals surface area (Å²) in [5.74, 6) is -1.44. The lowest BCUT2D eigenvalue weighted by Crippen LogP contribution is -2.10. The molecule has 0 amide bonds. The van der Waals surface area contributed by atoms with Crippen LogP contribution in [0.3, 0.4) is 0 Å². The lowest BCUT2D eigenvalue weighted by Gasteiger charge is -2.09. The maximum Gasteiger partial charge on any atom is 0.337 e. The van der Waals surface area contributed by atoms with E-state index in [9.17, 15) is 13.6 Å². The predicted octanol–water partition coefficient (Wildman–Crippen LogP) is 1.94. The molecule has 1 rings (SSSR count). The number of aromatic nitrogens is 1. The molecule has 0 fully saturated rings. The normalized spacial score (nSPS) is 10.7. The second-order valence-electron chi connectivity index (χ2n) is 2.66. The van der Waals surface area contributed by atoms with Crippen molar-refractivity contribution in [2.24, 2.45) is 5.73 Å². The Kier molecular flexibility index (Phi) is 3.70. The van der Waals surface area contributed by atoms with E-state index in [0.717, 1.165) is 6.20 Å². The minimum Gasteiger partial charge on any atom is -0.478 e. The van der Waals surface area contributed by atoms with Crippen molar-refractivity contribution in [1.82, 2.24) is 4.98 Å². The summed E-state index contributed by atoms with van der Waals surface area (Å²) in [6, 6.07) is 0. The maximum absolute atomic E-state index is 12.4. The molecule has 0 saturated carbocycles. The zero-order chi connectivity index (χ0) is 11.6. The first-order valence-corrected chi connectivity index (χ1v) is 4.67. The summed E-state index contributed by atoms with van der Waals surface area (Å²) in [5.41, 5.74) is 4.40. The van der Waals surface area contributed by atoms with E-state index in [1.165, 1.54) is 0 Å². The largest absolute Gasteiger partial charge is 0.478 e. The molecule has 0 bridgehead atoms. The second kappa shape index (κ2) is 4.63. The summed E-state index contributed by atoms with van der Waals surface area (Å²) in [4.78, 5) is 14.4. The fourth-order valence-corrected chi connectivity index (χ4v) is 1.73. The standard InChI is InChI=1S/C8H7BrF2N2O2/c9-6-4(1-12)13-2-3(7(10)11)5(6)8(14)15/h2,7H,1,12H2,(H,14,15). The molecule has 0 radical (unpaired) electrons. The Morgan fingerprint density at radius 2 is 2.27 bits per heavy atom. The number of hydrogen-bond acceptors (Lipinski definition) is 3. The van der Waals surface area contributed by atoms with Crippen LogP contribution in [0.1, 0.15) is 28.0 Å². The average Bonchev–Trinajstić information content (AvgIpc) is 2.16. The molecule has 1 aromatic heterocycles. The number of carboxylic acid groups (broad SMARTS) is 1. The zero-order valence-electron chi connectivity index (χ0n) is 7.38. The first-order valence-electron chi connectivity index (χ1n) is 3.87. The fourth-order valence-electron chi connectivity index (χ4n) is 1.06. The van der Waals surface area contributed by atoms with Gasteiger partial charge in [-0.15, -0.1) is 0 Å². The number of pyridine rings is 1. The van der Waals surface area contributed by atoms with E-state index in [1.807, 2.05) is 0 Å². The molecular formula is C8H7BrF2N2O2. The minimum absolute atomic E-state index is 0.00954. The van der Waals surface area contributed by atoms with Gasteiger partial charge in [-0.05, 0) is 15.9 Å². The molecule has 3 N–H and O–H groups in total. The van der Waals surface area contributed by atoms with Crippen molar-refractivity contribution in [2.75, 3.05) is 0 Å². The van der Waals surface area contributed by atoms with Crippen molar-refractivity contribution in [3.8, 4) is 0 Å². The van der Waals surface area contributed by atoms with Crippen LogP contribution in [0, 0.1) is 0 Å². The number of nitrogens with zero attached hydrogens (tertiary/aromatic N) is 1. The fraction of sp³-hybridized carbons (Fsp3) is 0.250. The highest BCUT2D eigenvalue weighted by atomic mass is 79.9. The van der Waals surface area contributed by atoms with E-state index in [0.29, 0.717) is 0 Å². The van der Waals surface area contributed by atoms with Gasteiger partial charge in [0.05, 0.1) is 21.3 Å². The SMILES string of the molecule is NCc1ncc(C(F)F)c(C(=O)O)c1Br. The van der Waals surface area contributed by atoms with Crippen LogP contribution in [0.5, 0.6) is 0 Å². The number of carbonyl (C=O) groups is 1. The van der Waals surface area contributed by atoms with Gasteiger partial charge in [-0.2, -0.15) is 0 Å². The van der Waals surface area contributed by atoms with Crippen LogP contribution >= 0.6 is 15.9 Å². The smallest absolute Gasteiger partial charge is 0.337 e. The summed E-state index contributed by atoms with van der Waals surface area (Å²) >= 11 is 2.90. The quantitative estimate of drug-likeness (QED) is 0.887. The van der Waals surface area contributed by atoms with Crippen molar-refractivity contribution >= 4 is 21.9 Å². The van der Waals surface area contributed by atoms with E-state index in [1.54, 1.807) is 0 Å². The highest BCUT2D eigenvalue weighted by Gasteiger charge is 2.23. The molecule has 0 spiro atoms. The van der Waals surface area contributed by atoms with Gasteiger partial charge in [0, 0.05) is 12.7 Å². The first kappa shape index (κ1) is 12.0. The van der Waals surface area contributed by atoms with E-state index in [4.69, 9.17) is 10.8 Å². The van der Waals surface area contributed by atoms with Gasteiger partial charge in [0.2, 0.25) is 0 Å². The highest BCUT2D eigenvalue weighted by Crippen LogP contribution is 2.29. The summed E-state index contributed by atoms with van der Waals surface area (Å²) in [6.07, 6.45) is -2.05. The first-order chi connectivity index (χ1) is 6.99. The molecule has 1 heterocycles. The molecule has 0 aliphatic carbocycles. The third-order valence-electron chi connectivity index (χ3n) is 1.76. The number of carboxylic acids is 1. The third-order valence-corrected chi connectivity index (χ3v) is 2.62. The van der Waals surface area contributed by atoms with Crippen LogP contribution in [0.4, 0.5) is 8.78 Å². The summed E-state index contributed by atoms with van der Waals surface area (Å²) in [7, 11) is 0. The van der Waals surface area contributed by atoms with Gasteiger partial charge in [0.1, 0.15) is 0 Å². The Balaban J connectivity index is 3.44. The van der Waals surface area contributed by atoms with Crippen LogP contribution in [-0.2, 0) is 6.54 Å². The van der Waals surface area contributed by atoms with Gasteiger partial charge >= 0.3 is 5.97 Å². The van der Waals surface area contributed by atoms with Crippen molar-refractivity contribution in [3.05, 3.63) is 27.5 Å². The van der Waals surface area contributed by atoms with Crippen molar-refractivity contribution < 1.29 is 18.7 Å². The monoisotopic (exact) mass is 280 g/mol. The molecule has 0 saturated heterocycles. The molecule has 4 nitrogen and oxygen atoms in total. The number of alkyl halides is 2. The van der Waals surface area contributed by atoms with Gasteiger partial charge in [-0.3, -0.25) is 4.98 Å². The lowest BCUT2D eigenvalue weighted by atomic mass is 10.1. The van der Waals surface area contributed by atoms with Gasteiger partial charge in [-0.1, -0.05) is 0 Å². The molecule has 0 atom stereocenters. The topological polar surface area (TPSA) is 76.2 Å². The van der Waals surface area contributed by atoms with E-state index in [2.05, 4.69) is 20.9 Å². The molecule has 82 valence electrons. The number of nitrogens with two attached hydrogens (primary N) is 1.